The molecule has 4 heterocycles. The van der Waals surface area contributed by atoms with Gasteiger partial charge in [-0.15, -0.1) is 11.3 Å². The average molecular weight is 425 g/mol. The summed E-state index contributed by atoms with van der Waals surface area (Å²) < 4.78 is 0. The third-order valence-corrected chi connectivity index (χ3v) is 6.84. The smallest absolute Gasteiger partial charge is 0.254 e. The van der Waals surface area contributed by atoms with Crippen molar-refractivity contribution in [3.8, 4) is 10.6 Å². The predicted molar refractivity (Wildman–Crippen MR) is 114 cm³/mol. The summed E-state index contributed by atoms with van der Waals surface area (Å²) in [6, 6.07) is 1.90. The summed E-state index contributed by atoms with van der Waals surface area (Å²) in [5.41, 5.74) is 2.73. The minimum atomic E-state index is -0.223. The highest BCUT2D eigenvalue weighted by atomic mass is 32.1. The lowest BCUT2D eigenvalue weighted by atomic mass is 9.97. The summed E-state index contributed by atoms with van der Waals surface area (Å²) in [4.78, 5) is 47.9. The molecule has 1 amide bonds. The quantitative estimate of drug-likeness (QED) is 0.690. The molecule has 156 valence electrons. The zero-order valence-electron chi connectivity index (χ0n) is 17.3. The van der Waals surface area contributed by atoms with Gasteiger partial charge in [0.05, 0.1) is 27.7 Å². The average Bonchev–Trinajstić information content (AvgIpc) is 3.13. The Kier molecular flexibility index (Phi) is 5.72. The molecule has 3 aromatic heterocycles. The minimum absolute atomic E-state index is 0.0234. The van der Waals surface area contributed by atoms with Crippen LogP contribution in [0.5, 0.6) is 0 Å². The van der Waals surface area contributed by atoms with Gasteiger partial charge < -0.3 is 9.88 Å². The number of nitrogens with one attached hydrogen (secondary N) is 1. The number of likely N-dealkylation sites (tertiary alicyclic amines) is 1. The van der Waals surface area contributed by atoms with Crippen LogP contribution in [0.25, 0.3) is 10.6 Å². The van der Waals surface area contributed by atoms with Crippen molar-refractivity contribution in [3.05, 3.63) is 56.7 Å². The highest BCUT2D eigenvalue weighted by Crippen LogP contribution is 2.36. The van der Waals surface area contributed by atoms with E-state index in [0.29, 0.717) is 36.1 Å². The van der Waals surface area contributed by atoms with Crippen molar-refractivity contribution in [3.63, 3.8) is 0 Å². The molecule has 1 aliphatic heterocycles. The Morgan fingerprint density at radius 2 is 1.97 bits per heavy atom. The van der Waals surface area contributed by atoms with Crippen LogP contribution in [0, 0.1) is 20.8 Å². The Morgan fingerprint density at radius 1 is 1.20 bits per heavy atom. The molecule has 0 saturated carbocycles. The maximum Gasteiger partial charge on any atom is 0.254 e. The van der Waals surface area contributed by atoms with E-state index in [0.717, 1.165) is 34.1 Å². The molecular weight excluding hydrogens is 400 g/mol. The molecule has 1 aliphatic rings. The van der Waals surface area contributed by atoms with Crippen molar-refractivity contribution >= 4 is 17.2 Å². The van der Waals surface area contributed by atoms with E-state index in [4.69, 9.17) is 4.98 Å². The summed E-state index contributed by atoms with van der Waals surface area (Å²) in [5, 5.41) is 1.10. The lowest BCUT2D eigenvalue weighted by Crippen LogP contribution is -2.39. The van der Waals surface area contributed by atoms with Gasteiger partial charge in [-0.3, -0.25) is 9.59 Å². The van der Waals surface area contributed by atoms with E-state index in [1.165, 1.54) is 0 Å². The van der Waals surface area contributed by atoms with Gasteiger partial charge in [-0.2, -0.15) is 0 Å². The molecule has 1 saturated heterocycles. The van der Waals surface area contributed by atoms with Gasteiger partial charge in [-0.05, 0) is 39.7 Å². The van der Waals surface area contributed by atoms with Crippen LogP contribution in [0.2, 0.25) is 0 Å². The second-order valence-corrected chi connectivity index (χ2v) is 8.64. The molecule has 8 nitrogen and oxygen atoms in total. The zero-order valence-corrected chi connectivity index (χ0v) is 18.1. The number of aromatic nitrogens is 5. The first kappa shape index (κ1) is 20.3. The van der Waals surface area contributed by atoms with Gasteiger partial charge in [-0.25, -0.2) is 19.9 Å². The third-order valence-electron chi connectivity index (χ3n) is 5.49. The summed E-state index contributed by atoms with van der Waals surface area (Å²) in [6.45, 7) is 6.85. The molecule has 0 atom stereocenters. The van der Waals surface area contributed by atoms with Crippen molar-refractivity contribution in [2.24, 2.45) is 0 Å². The lowest BCUT2D eigenvalue weighted by Gasteiger charge is -2.31. The van der Waals surface area contributed by atoms with Crippen molar-refractivity contribution in [2.75, 3.05) is 13.1 Å². The molecule has 30 heavy (non-hydrogen) atoms. The first-order chi connectivity index (χ1) is 14.4. The lowest BCUT2D eigenvalue weighted by molar-refractivity contribution is -0.131. The van der Waals surface area contributed by atoms with Crippen LogP contribution in [-0.2, 0) is 11.2 Å². The summed E-state index contributed by atoms with van der Waals surface area (Å²) in [6.07, 6.45) is 5.11. The van der Waals surface area contributed by atoms with Crippen LogP contribution in [0.1, 0.15) is 46.5 Å². The van der Waals surface area contributed by atoms with Crippen molar-refractivity contribution in [1.29, 1.82) is 0 Å². The third kappa shape index (κ3) is 4.16. The van der Waals surface area contributed by atoms with Crippen LogP contribution in [0.3, 0.4) is 0 Å². The van der Waals surface area contributed by atoms with E-state index < -0.39 is 0 Å². The van der Waals surface area contributed by atoms with E-state index in [-0.39, 0.29) is 17.9 Å². The minimum Gasteiger partial charge on any atom is -0.342 e. The van der Waals surface area contributed by atoms with Crippen LogP contribution in [0.4, 0.5) is 0 Å². The standard InChI is InChI=1S/C21H24N6O2S/c1-12-16(20(29)26-14(3)24-12)10-18(28)27-8-5-15(6-9-27)21-25-13(2)19(30-21)17-4-7-22-11-23-17/h4,7,11,15H,5-6,8-10H2,1-3H3,(H,24,26,29). The number of piperidine rings is 1. The number of amides is 1. The Bertz CT molecular complexity index is 1120. The van der Waals surface area contributed by atoms with E-state index >= 15 is 0 Å². The Balaban J connectivity index is 1.41. The van der Waals surface area contributed by atoms with Crippen LogP contribution >= 0.6 is 11.3 Å². The zero-order chi connectivity index (χ0) is 21.3. The summed E-state index contributed by atoms with van der Waals surface area (Å²) in [5.74, 6) is 0.874. The van der Waals surface area contributed by atoms with Gasteiger partial charge in [0.25, 0.3) is 5.56 Å². The molecule has 0 aromatic carbocycles. The van der Waals surface area contributed by atoms with Gasteiger partial charge in [0.15, 0.2) is 0 Å². The molecule has 1 fully saturated rings. The van der Waals surface area contributed by atoms with E-state index in [1.807, 2.05) is 17.9 Å². The molecule has 3 aromatic rings. The molecule has 9 heteroatoms. The fourth-order valence-corrected chi connectivity index (χ4v) is 5.07. The number of hydrogen-bond donors (Lipinski definition) is 1. The summed E-state index contributed by atoms with van der Waals surface area (Å²) in [7, 11) is 0. The number of nitrogens with zero attached hydrogens (tertiary/aromatic N) is 5. The normalized spacial score (nSPS) is 14.8. The van der Waals surface area contributed by atoms with Crippen molar-refractivity contribution in [1.82, 2.24) is 29.8 Å². The number of carbonyl (C=O) groups excluding carboxylic acids is 1. The number of aromatic amines is 1. The Labute approximate surface area is 178 Å². The number of hydrogen-bond acceptors (Lipinski definition) is 7. The molecule has 4 rings (SSSR count). The number of thiazole rings is 1. The van der Waals surface area contributed by atoms with Crippen molar-refractivity contribution < 1.29 is 4.79 Å². The van der Waals surface area contributed by atoms with Gasteiger partial charge >= 0.3 is 0 Å². The number of rotatable bonds is 4. The SMILES string of the molecule is Cc1nc(C)c(CC(=O)N2CCC(c3nc(C)c(-c4ccncn4)s3)CC2)c(=O)[nH]1. The van der Waals surface area contributed by atoms with Gasteiger partial charge in [0, 0.05) is 36.5 Å². The molecular formula is C21H24N6O2S. The molecule has 0 spiro atoms. The van der Waals surface area contributed by atoms with E-state index in [9.17, 15) is 9.59 Å². The second kappa shape index (κ2) is 8.43. The molecule has 0 radical (unpaired) electrons. The van der Waals surface area contributed by atoms with Gasteiger partial charge in [0.2, 0.25) is 5.91 Å². The number of H-pyrrole nitrogens is 1. The maximum atomic E-state index is 12.8. The van der Waals surface area contributed by atoms with Crippen LogP contribution < -0.4 is 5.56 Å². The first-order valence-electron chi connectivity index (χ1n) is 10.00. The fraction of sp³-hybridized carbons (Fsp3) is 0.429. The number of aryl methyl sites for hydroxylation is 3. The first-order valence-corrected chi connectivity index (χ1v) is 10.8. The molecule has 0 aliphatic carbocycles. The Morgan fingerprint density at radius 3 is 2.63 bits per heavy atom. The Hall–Kier alpha value is -2.94. The summed E-state index contributed by atoms with van der Waals surface area (Å²) >= 11 is 1.68. The van der Waals surface area contributed by atoms with Crippen LogP contribution in [0.15, 0.2) is 23.4 Å². The second-order valence-electron chi connectivity index (χ2n) is 7.61. The van der Waals surface area contributed by atoms with E-state index in [1.54, 1.807) is 37.7 Å². The van der Waals surface area contributed by atoms with E-state index in [2.05, 4.69) is 19.9 Å². The monoisotopic (exact) mass is 424 g/mol. The van der Waals surface area contributed by atoms with Crippen LogP contribution in [-0.4, -0.2) is 48.8 Å². The fourth-order valence-electron chi connectivity index (χ4n) is 3.85. The van der Waals surface area contributed by atoms with Gasteiger partial charge in [0.1, 0.15) is 12.2 Å². The largest absolute Gasteiger partial charge is 0.342 e. The molecule has 1 N–H and O–H groups in total. The van der Waals surface area contributed by atoms with Gasteiger partial charge in [-0.1, -0.05) is 0 Å². The topological polar surface area (TPSA) is 105 Å². The highest BCUT2D eigenvalue weighted by Gasteiger charge is 2.27. The van der Waals surface area contributed by atoms with Crippen molar-refractivity contribution in [2.45, 2.75) is 46.0 Å². The highest BCUT2D eigenvalue weighted by molar-refractivity contribution is 7.15. The predicted octanol–water partition coefficient (Wildman–Crippen LogP) is 2.56. The molecule has 0 bridgehead atoms. The molecule has 0 unspecified atom stereocenters. The number of carbonyl (C=O) groups is 1. The maximum absolute atomic E-state index is 12.8.